The predicted octanol–water partition coefficient (Wildman–Crippen LogP) is -8.86. The molecule has 16 nitrogen and oxygen atoms in total. The molecule has 0 aliphatic carbocycles. The number of rotatable bonds is 13. The van der Waals surface area contributed by atoms with Gasteiger partial charge in [-0.3, -0.25) is 0 Å². The van der Waals surface area contributed by atoms with E-state index < -0.39 is 80.9 Å². The molecule has 0 radical (unpaired) electrons. The van der Waals surface area contributed by atoms with Gasteiger partial charge in [-0.05, 0) is 0 Å². The Bertz CT molecular complexity index is 453. The Labute approximate surface area is 181 Å². The van der Waals surface area contributed by atoms with Gasteiger partial charge in [0.15, 0.2) is 18.9 Å². The summed E-state index contributed by atoms with van der Waals surface area (Å²) < 4.78 is 0. The number of carbonyl (C=O) groups is 3. The molecule has 0 aliphatic heterocycles. The molecule has 0 spiro atoms. The smallest absolute Gasteiger partial charge is 0.151 e. The first kappa shape index (κ1) is 35.1. The highest BCUT2D eigenvalue weighted by molar-refractivity contribution is 5.57. The number of aliphatic hydroxyl groups is 13. The molecule has 0 aromatic carbocycles. The van der Waals surface area contributed by atoms with Crippen molar-refractivity contribution in [2.24, 2.45) is 0 Å². The van der Waals surface area contributed by atoms with E-state index in [0.717, 1.165) is 0 Å². The van der Waals surface area contributed by atoms with Crippen LogP contribution in [0.1, 0.15) is 0 Å². The number of carbonyl (C=O) groups excluding carboxylic acids is 3. The molecule has 0 unspecified atom stereocenters. The molecule has 0 amide bonds. The first-order valence-electron chi connectivity index (χ1n) is 8.80. The van der Waals surface area contributed by atoms with E-state index in [1.54, 1.807) is 0 Å². The highest BCUT2D eigenvalue weighted by atomic mass is 16.4. The van der Waals surface area contributed by atoms with Crippen LogP contribution in [0, 0.1) is 0 Å². The summed E-state index contributed by atoms with van der Waals surface area (Å²) >= 11 is 0. The van der Waals surface area contributed by atoms with Gasteiger partial charge in [0.05, 0.1) is 19.8 Å². The van der Waals surface area contributed by atoms with Crippen molar-refractivity contribution in [2.45, 2.75) is 61.0 Å². The van der Waals surface area contributed by atoms with E-state index >= 15 is 0 Å². The molecule has 10 atom stereocenters. The lowest BCUT2D eigenvalue weighted by Crippen LogP contribution is -2.46. The van der Waals surface area contributed by atoms with Crippen LogP contribution in [0.2, 0.25) is 0 Å². The summed E-state index contributed by atoms with van der Waals surface area (Å²) in [6, 6.07) is 0. The second-order valence-corrected chi connectivity index (χ2v) is 6.09. The molecule has 0 bridgehead atoms. The first-order chi connectivity index (χ1) is 14.8. The molecule has 0 aromatic rings. The van der Waals surface area contributed by atoms with Crippen molar-refractivity contribution < 1.29 is 80.8 Å². The Kier molecular flexibility index (Phi) is 22.1. The Balaban J connectivity index is -0.000000397. The van der Waals surface area contributed by atoms with Crippen molar-refractivity contribution in [2.75, 3.05) is 19.8 Å². The van der Waals surface area contributed by atoms with E-state index in [-0.39, 0.29) is 18.9 Å². The first-order valence-corrected chi connectivity index (χ1v) is 8.80. The maximum Gasteiger partial charge on any atom is 0.151 e. The van der Waals surface area contributed by atoms with Crippen LogP contribution in [0.15, 0.2) is 0 Å². The third-order valence-corrected chi connectivity index (χ3v) is 3.56. The number of aldehydes is 3. The average molecular weight is 480 g/mol. The maximum atomic E-state index is 9.90. The van der Waals surface area contributed by atoms with E-state index in [2.05, 4.69) is 0 Å². The van der Waals surface area contributed by atoms with Gasteiger partial charge in [-0.25, -0.2) is 0 Å². The van der Waals surface area contributed by atoms with Crippen molar-refractivity contribution in [3.63, 3.8) is 0 Å². The molecule has 192 valence electrons. The van der Waals surface area contributed by atoms with Crippen LogP contribution in [0.25, 0.3) is 0 Å². The van der Waals surface area contributed by atoms with E-state index in [1.165, 1.54) is 0 Å². The highest BCUT2D eigenvalue weighted by Crippen LogP contribution is 2.03. The Morgan fingerprint density at radius 1 is 0.406 bits per heavy atom. The minimum absolute atomic E-state index is 0.0258. The molecule has 0 aliphatic rings. The maximum absolute atomic E-state index is 9.90. The topological polar surface area (TPSA) is 314 Å². The average Bonchev–Trinajstić information content (AvgIpc) is 2.84. The second kappa shape index (κ2) is 20.1. The molecule has 0 heterocycles. The number of hydrogen-bond donors (Lipinski definition) is 13. The molecule has 0 saturated carbocycles. The Morgan fingerprint density at radius 3 is 0.844 bits per heavy atom. The van der Waals surface area contributed by atoms with Gasteiger partial charge in [0.25, 0.3) is 0 Å². The molecule has 0 fully saturated rings. The lowest BCUT2D eigenvalue weighted by atomic mass is 10.0. The Morgan fingerprint density at radius 2 is 0.625 bits per heavy atom. The van der Waals surface area contributed by atoms with Gasteiger partial charge < -0.3 is 80.8 Å². The van der Waals surface area contributed by atoms with E-state index in [9.17, 15) is 14.4 Å². The van der Waals surface area contributed by atoms with Gasteiger partial charge in [0.2, 0.25) is 0 Å². The quantitative estimate of drug-likeness (QED) is 0.109. The minimum Gasteiger partial charge on any atom is -0.394 e. The molecule has 16 heteroatoms. The fraction of sp³-hybridized carbons (Fsp3) is 0.812. The summed E-state index contributed by atoms with van der Waals surface area (Å²) in [6.45, 7) is -2.14. The standard InChI is InChI=1S/C6H12O6.2C5H10O5/c7-1-3(9)5(11)6(12)4(10)2-8;2*6-1-3(8)5(10)4(9)2-7/h1,3-6,8-12H,2H2;2*1,3-5,7-10H,2H2/t3-,4+,5+,6+;2*3-,4+,5+/m000/s1. The van der Waals surface area contributed by atoms with Gasteiger partial charge in [0.1, 0.15) is 61.0 Å². The molecule has 0 aromatic heterocycles. The lowest BCUT2D eigenvalue weighted by molar-refractivity contribution is -0.136. The van der Waals surface area contributed by atoms with Crippen LogP contribution in [0.5, 0.6) is 0 Å². The van der Waals surface area contributed by atoms with E-state index in [0.29, 0.717) is 0 Å². The van der Waals surface area contributed by atoms with Gasteiger partial charge >= 0.3 is 0 Å². The molecular formula is C16H32O16. The molecule has 32 heavy (non-hydrogen) atoms. The summed E-state index contributed by atoms with van der Waals surface area (Å²) in [4.78, 5) is 29.4. The monoisotopic (exact) mass is 480 g/mol. The molecular weight excluding hydrogens is 448 g/mol. The van der Waals surface area contributed by atoms with Gasteiger partial charge in [-0.2, -0.15) is 0 Å². The Hall–Kier alpha value is -1.51. The third kappa shape index (κ3) is 14.5. The van der Waals surface area contributed by atoms with Crippen LogP contribution >= 0.6 is 0 Å². The highest BCUT2D eigenvalue weighted by Gasteiger charge is 2.29. The van der Waals surface area contributed by atoms with Crippen LogP contribution in [-0.2, 0) is 14.4 Å². The van der Waals surface area contributed by atoms with Crippen molar-refractivity contribution in [1.29, 1.82) is 0 Å². The third-order valence-electron chi connectivity index (χ3n) is 3.56. The zero-order valence-corrected chi connectivity index (χ0v) is 16.7. The summed E-state index contributed by atoms with van der Waals surface area (Å²) in [5.41, 5.74) is 0. The second-order valence-electron chi connectivity index (χ2n) is 6.09. The van der Waals surface area contributed by atoms with E-state index in [4.69, 9.17) is 66.4 Å². The minimum atomic E-state index is -1.79. The normalized spacial score (nSPS) is 20.2. The summed E-state index contributed by atoms with van der Waals surface area (Å²) in [5.74, 6) is 0. The van der Waals surface area contributed by atoms with Crippen LogP contribution in [-0.4, -0.2) is 166 Å². The predicted molar refractivity (Wildman–Crippen MR) is 99.5 cm³/mol. The molecule has 0 saturated heterocycles. The SMILES string of the molecule is O=C[C@H](O)[C@@H](O)[C@H](O)CO.O=C[C@H](O)[C@@H](O)[C@H](O)CO.O=C[C@H](O)[C@@H](O)[C@H](O)[C@H](O)CO. The van der Waals surface area contributed by atoms with Crippen LogP contribution < -0.4 is 0 Å². The van der Waals surface area contributed by atoms with Crippen molar-refractivity contribution in [1.82, 2.24) is 0 Å². The van der Waals surface area contributed by atoms with Crippen LogP contribution in [0.3, 0.4) is 0 Å². The van der Waals surface area contributed by atoms with Gasteiger partial charge in [0, 0.05) is 0 Å². The largest absolute Gasteiger partial charge is 0.394 e. The fourth-order valence-electron chi connectivity index (χ4n) is 1.45. The summed E-state index contributed by atoms with van der Waals surface area (Å²) in [7, 11) is 0. The van der Waals surface area contributed by atoms with Crippen molar-refractivity contribution >= 4 is 18.9 Å². The van der Waals surface area contributed by atoms with E-state index in [1.807, 2.05) is 0 Å². The number of aliphatic hydroxyl groups excluding tert-OH is 13. The summed E-state index contributed by atoms with van der Waals surface area (Å²) in [5, 5.41) is 112. The lowest BCUT2D eigenvalue weighted by Gasteiger charge is -2.22. The van der Waals surface area contributed by atoms with Gasteiger partial charge in [-0.15, -0.1) is 0 Å². The van der Waals surface area contributed by atoms with Crippen LogP contribution in [0.4, 0.5) is 0 Å². The summed E-state index contributed by atoms with van der Waals surface area (Å²) in [6.07, 6.45) is -16.1. The van der Waals surface area contributed by atoms with Crippen molar-refractivity contribution in [3.8, 4) is 0 Å². The molecule has 0 rings (SSSR count). The zero-order chi connectivity index (χ0) is 26.0. The van der Waals surface area contributed by atoms with Gasteiger partial charge in [-0.1, -0.05) is 0 Å². The number of hydrogen-bond acceptors (Lipinski definition) is 16. The molecule has 13 N–H and O–H groups in total. The zero-order valence-electron chi connectivity index (χ0n) is 16.7. The van der Waals surface area contributed by atoms with Crippen molar-refractivity contribution in [3.05, 3.63) is 0 Å². The fourth-order valence-corrected chi connectivity index (χ4v) is 1.45.